The van der Waals surface area contributed by atoms with Gasteiger partial charge in [0, 0.05) is 13.0 Å². The maximum absolute atomic E-state index is 10.8. The molecule has 0 unspecified atom stereocenters. The molecule has 0 aliphatic rings. The number of hydrogen-bond acceptors (Lipinski definition) is 4. The zero-order chi connectivity index (χ0) is 12.3. The van der Waals surface area contributed by atoms with E-state index in [1.807, 2.05) is 0 Å². The number of carbonyl (C=O) groups is 2. The van der Waals surface area contributed by atoms with Crippen LogP contribution in [0.15, 0.2) is 18.2 Å². The molecule has 0 aliphatic heterocycles. The van der Waals surface area contributed by atoms with Crippen LogP contribution in [0.3, 0.4) is 0 Å². The van der Waals surface area contributed by atoms with E-state index >= 15 is 0 Å². The first kappa shape index (κ1) is 11.6. The third kappa shape index (κ3) is 2.53. The van der Waals surface area contributed by atoms with Crippen LogP contribution in [0.4, 0.5) is 11.4 Å². The number of aromatic carboxylic acids is 1. The number of benzene rings is 1. The normalized spacial score (nSPS) is 9.56. The van der Waals surface area contributed by atoms with Crippen molar-refractivity contribution in [3.8, 4) is 0 Å². The third-order valence-corrected chi connectivity index (χ3v) is 1.75. The first-order valence-corrected chi connectivity index (χ1v) is 4.21. The number of hydrogen-bond donors (Lipinski definition) is 2. The van der Waals surface area contributed by atoms with Crippen molar-refractivity contribution in [2.24, 2.45) is 0 Å². The van der Waals surface area contributed by atoms with Gasteiger partial charge in [0.25, 0.3) is 5.69 Å². The minimum atomic E-state index is -1.27. The SMILES string of the molecule is CC(=O)Nc1ccc(C(=O)O)cc1[N+](=O)[O-]. The molecule has 0 radical (unpaired) electrons. The summed E-state index contributed by atoms with van der Waals surface area (Å²) in [4.78, 5) is 31.2. The monoisotopic (exact) mass is 224 g/mol. The van der Waals surface area contributed by atoms with Crippen molar-refractivity contribution in [3.63, 3.8) is 0 Å². The molecule has 1 amide bonds. The van der Waals surface area contributed by atoms with Crippen LogP contribution in [0.25, 0.3) is 0 Å². The van der Waals surface area contributed by atoms with Crippen molar-refractivity contribution in [1.29, 1.82) is 0 Å². The molecule has 16 heavy (non-hydrogen) atoms. The number of nitro groups is 1. The van der Waals surface area contributed by atoms with Crippen LogP contribution >= 0.6 is 0 Å². The maximum Gasteiger partial charge on any atom is 0.335 e. The Morgan fingerprint density at radius 3 is 2.50 bits per heavy atom. The molecule has 0 heterocycles. The Balaban J connectivity index is 3.24. The van der Waals surface area contributed by atoms with Crippen molar-refractivity contribution in [1.82, 2.24) is 0 Å². The predicted octanol–water partition coefficient (Wildman–Crippen LogP) is 1.25. The van der Waals surface area contributed by atoms with E-state index in [1.165, 1.54) is 19.1 Å². The minimum Gasteiger partial charge on any atom is -0.478 e. The summed E-state index contributed by atoms with van der Waals surface area (Å²) in [5.41, 5.74) is -0.682. The average Bonchev–Trinajstić information content (AvgIpc) is 2.16. The van der Waals surface area contributed by atoms with Gasteiger partial charge < -0.3 is 10.4 Å². The van der Waals surface area contributed by atoms with E-state index in [-0.39, 0.29) is 11.3 Å². The van der Waals surface area contributed by atoms with Gasteiger partial charge >= 0.3 is 5.97 Å². The summed E-state index contributed by atoms with van der Waals surface area (Å²) in [5, 5.41) is 21.5. The van der Waals surface area contributed by atoms with Crippen LogP contribution in [-0.2, 0) is 4.79 Å². The Labute approximate surface area is 89.8 Å². The van der Waals surface area contributed by atoms with Crippen LogP contribution in [-0.4, -0.2) is 21.9 Å². The standard InChI is InChI=1S/C9H8N2O5/c1-5(12)10-7-3-2-6(9(13)14)4-8(7)11(15)16/h2-4H,1H3,(H,10,12)(H,13,14). The molecular weight excluding hydrogens is 216 g/mol. The summed E-state index contributed by atoms with van der Waals surface area (Å²) in [7, 11) is 0. The quantitative estimate of drug-likeness (QED) is 0.593. The van der Waals surface area contributed by atoms with Crippen molar-refractivity contribution in [2.45, 2.75) is 6.92 Å². The highest BCUT2D eigenvalue weighted by atomic mass is 16.6. The van der Waals surface area contributed by atoms with Gasteiger partial charge in [0.05, 0.1) is 10.5 Å². The highest BCUT2D eigenvalue weighted by Gasteiger charge is 2.17. The molecule has 1 aromatic rings. The summed E-state index contributed by atoms with van der Waals surface area (Å²) in [6, 6.07) is 3.26. The molecule has 7 heteroatoms. The Morgan fingerprint density at radius 1 is 1.44 bits per heavy atom. The lowest BCUT2D eigenvalue weighted by Gasteiger charge is -2.03. The topological polar surface area (TPSA) is 110 Å². The molecule has 1 rings (SSSR count). The lowest BCUT2D eigenvalue weighted by atomic mass is 10.1. The van der Waals surface area contributed by atoms with Crippen LogP contribution < -0.4 is 5.32 Å². The van der Waals surface area contributed by atoms with Gasteiger partial charge in [-0.15, -0.1) is 0 Å². The Hall–Kier alpha value is -2.44. The van der Waals surface area contributed by atoms with E-state index in [9.17, 15) is 19.7 Å². The Bertz CT molecular complexity index is 469. The highest BCUT2D eigenvalue weighted by molar-refractivity contribution is 5.94. The van der Waals surface area contributed by atoms with Gasteiger partial charge in [0.2, 0.25) is 5.91 Å². The lowest BCUT2D eigenvalue weighted by Crippen LogP contribution is -2.09. The van der Waals surface area contributed by atoms with E-state index in [4.69, 9.17) is 5.11 Å². The molecule has 0 bridgehead atoms. The second-order valence-corrected chi connectivity index (χ2v) is 2.98. The molecule has 2 N–H and O–H groups in total. The molecule has 0 aromatic heterocycles. The van der Waals surface area contributed by atoms with Crippen molar-refractivity contribution in [3.05, 3.63) is 33.9 Å². The van der Waals surface area contributed by atoms with Crippen molar-refractivity contribution in [2.75, 3.05) is 5.32 Å². The van der Waals surface area contributed by atoms with Crippen LogP contribution in [0.2, 0.25) is 0 Å². The number of amides is 1. The first-order valence-electron chi connectivity index (χ1n) is 4.21. The summed E-state index contributed by atoms with van der Waals surface area (Å²) in [5.74, 6) is -1.73. The fourth-order valence-electron chi connectivity index (χ4n) is 1.11. The minimum absolute atomic E-state index is 0.0255. The van der Waals surface area contributed by atoms with E-state index < -0.39 is 22.5 Å². The lowest BCUT2D eigenvalue weighted by molar-refractivity contribution is -0.384. The fraction of sp³-hybridized carbons (Fsp3) is 0.111. The molecule has 0 spiro atoms. The molecule has 0 saturated carbocycles. The second kappa shape index (κ2) is 4.39. The number of carboxylic acid groups (broad SMARTS) is 1. The number of anilines is 1. The van der Waals surface area contributed by atoms with Gasteiger partial charge in [-0.25, -0.2) is 4.79 Å². The summed E-state index contributed by atoms with van der Waals surface area (Å²) in [6.07, 6.45) is 0. The summed E-state index contributed by atoms with van der Waals surface area (Å²) >= 11 is 0. The number of rotatable bonds is 3. The Morgan fingerprint density at radius 2 is 2.06 bits per heavy atom. The van der Waals surface area contributed by atoms with Gasteiger partial charge in [-0.3, -0.25) is 14.9 Å². The van der Waals surface area contributed by atoms with Crippen molar-refractivity contribution < 1.29 is 19.6 Å². The van der Waals surface area contributed by atoms with Crippen molar-refractivity contribution >= 4 is 23.3 Å². The number of nitrogens with one attached hydrogen (secondary N) is 1. The fourth-order valence-corrected chi connectivity index (χ4v) is 1.11. The van der Waals surface area contributed by atoms with E-state index in [1.54, 1.807) is 0 Å². The summed E-state index contributed by atoms with van der Waals surface area (Å²) in [6.45, 7) is 1.20. The molecule has 0 atom stereocenters. The molecule has 0 aliphatic carbocycles. The zero-order valence-corrected chi connectivity index (χ0v) is 8.26. The molecule has 0 fully saturated rings. The molecule has 84 valence electrons. The van der Waals surface area contributed by atoms with Crippen LogP contribution in [0, 0.1) is 10.1 Å². The van der Waals surface area contributed by atoms with E-state index in [0.717, 1.165) is 6.07 Å². The van der Waals surface area contributed by atoms with Crippen LogP contribution in [0.1, 0.15) is 17.3 Å². The first-order chi connectivity index (χ1) is 7.41. The van der Waals surface area contributed by atoms with Crippen LogP contribution in [0.5, 0.6) is 0 Å². The number of nitrogens with zero attached hydrogens (tertiary/aromatic N) is 1. The van der Waals surface area contributed by atoms with Gasteiger partial charge in [0.1, 0.15) is 5.69 Å². The number of carbonyl (C=O) groups excluding carboxylic acids is 1. The zero-order valence-electron chi connectivity index (χ0n) is 8.26. The van der Waals surface area contributed by atoms with E-state index in [0.29, 0.717) is 0 Å². The van der Waals surface area contributed by atoms with Gasteiger partial charge in [-0.2, -0.15) is 0 Å². The summed E-state index contributed by atoms with van der Waals surface area (Å²) < 4.78 is 0. The Kier molecular flexibility index (Phi) is 3.19. The highest BCUT2D eigenvalue weighted by Crippen LogP contribution is 2.25. The van der Waals surface area contributed by atoms with Gasteiger partial charge in [-0.1, -0.05) is 0 Å². The third-order valence-electron chi connectivity index (χ3n) is 1.75. The van der Waals surface area contributed by atoms with Gasteiger partial charge in [0.15, 0.2) is 0 Å². The average molecular weight is 224 g/mol. The molecular formula is C9H8N2O5. The van der Waals surface area contributed by atoms with E-state index in [2.05, 4.69) is 5.32 Å². The second-order valence-electron chi connectivity index (χ2n) is 2.98. The number of carboxylic acids is 1. The molecule has 0 saturated heterocycles. The molecule has 7 nitrogen and oxygen atoms in total. The maximum atomic E-state index is 10.8. The largest absolute Gasteiger partial charge is 0.478 e. The van der Waals surface area contributed by atoms with Gasteiger partial charge in [-0.05, 0) is 12.1 Å². The predicted molar refractivity (Wildman–Crippen MR) is 54.4 cm³/mol. The molecule has 1 aromatic carbocycles. The smallest absolute Gasteiger partial charge is 0.335 e. The number of nitro benzene ring substituents is 1.